The Bertz CT molecular complexity index is 263. The summed E-state index contributed by atoms with van der Waals surface area (Å²) in [7, 11) is 0. The Balaban J connectivity index is 3.17. The smallest absolute Gasteiger partial charge is 0.228 e. The minimum Gasteiger partial charge on any atom is -0.274 e. The van der Waals surface area contributed by atoms with E-state index in [9.17, 15) is 4.79 Å². The molecule has 3 nitrogen and oxygen atoms in total. The van der Waals surface area contributed by atoms with Crippen LogP contribution in [-0.2, 0) is 0 Å². The van der Waals surface area contributed by atoms with Crippen LogP contribution in [0.15, 0.2) is 6.33 Å². The number of carbonyl (C=O) groups is 1. The molecule has 1 heterocycles. The van der Waals surface area contributed by atoms with E-state index in [1.54, 1.807) is 6.33 Å². The monoisotopic (exact) mass is 138 g/mol. The maximum atomic E-state index is 10.8. The molecule has 0 N–H and O–H groups in total. The van der Waals surface area contributed by atoms with Gasteiger partial charge >= 0.3 is 0 Å². The minimum absolute atomic E-state index is 0.0121. The molecule has 1 aromatic heterocycles. The van der Waals surface area contributed by atoms with Gasteiger partial charge in [0.2, 0.25) is 5.91 Å². The van der Waals surface area contributed by atoms with E-state index in [1.165, 1.54) is 11.5 Å². The first-order valence-corrected chi connectivity index (χ1v) is 3.14. The summed E-state index contributed by atoms with van der Waals surface area (Å²) in [5, 5.41) is 0. The predicted octanol–water partition coefficient (Wildman–Crippen LogP) is 1.16. The van der Waals surface area contributed by atoms with Crippen LogP contribution in [0.3, 0.4) is 0 Å². The van der Waals surface area contributed by atoms with Gasteiger partial charge in [0.1, 0.15) is 6.33 Å². The van der Waals surface area contributed by atoms with E-state index in [-0.39, 0.29) is 5.91 Å². The lowest BCUT2D eigenvalue weighted by atomic mass is 10.4. The van der Waals surface area contributed by atoms with Crippen LogP contribution >= 0.6 is 0 Å². The van der Waals surface area contributed by atoms with Gasteiger partial charge in [0.15, 0.2) is 0 Å². The first-order valence-electron chi connectivity index (χ1n) is 3.14. The van der Waals surface area contributed by atoms with Crippen LogP contribution in [0.4, 0.5) is 0 Å². The Morgan fingerprint density at radius 2 is 2.20 bits per heavy atom. The molecular formula is C7H10N2O. The van der Waals surface area contributed by atoms with Crippen molar-refractivity contribution >= 4 is 5.91 Å². The van der Waals surface area contributed by atoms with E-state index < -0.39 is 0 Å². The second kappa shape index (κ2) is 2.25. The third-order valence-electron chi connectivity index (χ3n) is 1.59. The van der Waals surface area contributed by atoms with E-state index in [1.807, 2.05) is 13.8 Å². The van der Waals surface area contributed by atoms with Crippen molar-refractivity contribution in [3.63, 3.8) is 0 Å². The highest BCUT2D eigenvalue weighted by molar-refractivity contribution is 5.76. The fraction of sp³-hybridized carbons (Fsp3) is 0.429. The van der Waals surface area contributed by atoms with Gasteiger partial charge in [-0.1, -0.05) is 0 Å². The summed E-state index contributed by atoms with van der Waals surface area (Å²) < 4.78 is 1.54. The van der Waals surface area contributed by atoms with E-state index in [4.69, 9.17) is 0 Å². The summed E-state index contributed by atoms with van der Waals surface area (Å²) in [6.45, 7) is 5.28. The third-order valence-corrected chi connectivity index (χ3v) is 1.59. The highest BCUT2D eigenvalue weighted by Crippen LogP contribution is 2.02. The van der Waals surface area contributed by atoms with Crippen LogP contribution in [0.25, 0.3) is 0 Å². The summed E-state index contributed by atoms with van der Waals surface area (Å²) in [5.74, 6) is 0.0121. The molecule has 0 fully saturated rings. The SMILES string of the molecule is CC(=O)n1cnc(C)c1C. The van der Waals surface area contributed by atoms with Crippen molar-refractivity contribution in [2.24, 2.45) is 0 Å². The zero-order valence-electron chi connectivity index (χ0n) is 6.38. The minimum atomic E-state index is 0.0121. The van der Waals surface area contributed by atoms with Crippen LogP contribution in [-0.4, -0.2) is 15.5 Å². The average molecular weight is 138 g/mol. The molecule has 0 aromatic carbocycles. The van der Waals surface area contributed by atoms with Gasteiger partial charge < -0.3 is 0 Å². The zero-order valence-corrected chi connectivity index (χ0v) is 6.38. The Hall–Kier alpha value is -1.12. The van der Waals surface area contributed by atoms with Crippen molar-refractivity contribution in [3.8, 4) is 0 Å². The number of imidazole rings is 1. The topological polar surface area (TPSA) is 34.9 Å². The largest absolute Gasteiger partial charge is 0.274 e. The molecule has 10 heavy (non-hydrogen) atoms. The Morgan fingerprint density at radius 1 is 1.60 bits per heavy atom. The van der Waals surface area contributed by atoms with E-state index in [2.05, 4.69) is 4.98 Å². The fourth-order valence-electron chi connectivity index (χ4n) is 0.816. The van der Waals surface area contributed by atoms with Gasteiger partial charge in [-0.3, -0.25) is 9.36 Å². The van der Waals surface area contributed by atoms with Crippen molar-refractivity contribution in [2.75, 3.05) is 0 Å². The Morgan fingerprint density at radius 3 is 2.40 bits per heavy atom. The average Bonchev–Trinajstić information content (AvgIpc) is 2.14. The molecule has 0 aliphatic heterocycles. The van der Waals surface area contributed by atoms with Crippen LogP contribution < -0.4 is 0 Å². The molecule has 1 rings (SSSR count). The number of hydrogen-bond donors (Lipinski definition) is 0. The lowest BCUT2D eigenvalue weighted by molar-refractivity contribution is 0.0934. The Kier molecular flexibility index (Phi) is 1.57. The second-order valence-corrected chi connectivity index (χ2v) is 2.30. The zero-order chi connectivity index (χ0) is 7.72. The molecule has 1 aromatic rings. The number of aryl methyl sites for hydroxylation is 1. The molecule has 0 amide bonds. The number of carbonyl (C=O) groups excluding carboxylic acids is 1. The van der Waals surface area contributed by atoms with Gasteiger partial charge in [0, 0.05) is 12.6 Å². The van der Waals surface area contributed by atoms with Crippen molar-refractivity contribution in [2.45, 2.75) is 20.8 Å². The first-order chi connectivity index (χ1) is 4.63. The van der Waals surface area contributed by atoms with Crippen LogP contribution in [0.1, 0.15) is 23.1 Å². The molecule has 0 radical (unpaired) electrons. The molecule has 0 saturated heterocycles. The van der Waals surface area contributed by atoms with Gasteiger partial charge in [-0.25, -0.2) is 4.98 Å². The first kappa shape index (κ1) is 6.99. The summed E-state index contributed by atoms with van der Waals surface area (Å²) in [6, 6.07) is 0. The standard InChI is InChI=1S/C7H10N2O/c1-5-6(2)9(4-8-5)7(3)10/h4H,1-3H3. The molecular weight excluding hydrogens is 128 g/mol. The summed E-state index contributed by atoms with van der Waals surface area (Å²) in [4.78, 5) is 14.8. The van der Waals surface area contributed by atoms with E-state index >= 15 is 0 Å². The summed E-state index contributed by atoms with van der Waals surface area (Å²) in [6.07, 6.45) is 1.55. The molecule has 3 heteroatoms. The molecule has 0 atom stereocenters. The maximum Gasteiger partial charge on any atom is 0.228 e. The van der Waals surface area contributed by atoms with Crippen LogP contribution in [0, 0.1) is 13.8 Å². The molecule has 0 aliphatic carbocycles. The van der Waals surface area contributed by atoms with Gasteiger partial charge in [-0.15, -0.1) is 0 Å². The molecule has 54 valence electrons. The maximum absolute atomic E-state index is 10.8. The van der Waals surface area contributed by atoms with Crippen molar-refractivity contribution in [1.29, 1.82) is 0 Å². The Labute approximate surface area is 59.7 Å². The molecule has 0 aliphatic rings. The lowest BCUT2D eigenvalue weighted by Crippen LogP contribution is -2.05. The lowest BCUT2D eigenvalue weighted by Gasteiger charge is -1.96. The quantitative estimate of drug-likeness (QED) is 0.539. The van der Waals surface area contributed by atoms with Crippen LogP contribution in [0.2, 0.25) is 0 Å². The molecule has 0 spiro atoms. The van der Waals surface area contributed by atoms with E-state index in [0.29, 0.717) is 0 Å². The van der Waals surface area contributed by atoms with Crippen LogP contribution in [0.5, 0.6) is 0 Å². The number of hydrogen-bond acceptors (Lipinski definition) is 2. The van der Waals surface area contributed by atoms with Crippen molar-refractivity contribution in [1.82, 2.24) is 9.55 Å². The number of nitrogens with zero attached hydrogens (tertiary/aromatic N) is 2. The predicted molar refractivity (Wildman–Crippen MR) is 38.0 cm³/mol. The highest BCUT2D eigenvalue weighted by atomic mass is 16.1. The normalized spacial score (nSPS) is 9.90. The summed E-state index contributed by atoms with van der Waals surface area (Å²) >= 11 is 0. The van der Waals surface area contributed by atoms with Gasteiger partial charge in [-0.05, 0) is 13.8 Å². The van der Waals surface area contributed by atoms with Crippen molar-refractivity contribution in [3.05, 3.63) is 17.7 Å². The van der Waals surface area contributed by atoms with Gasteiger partial charge in [-0.2, -0.15) is 0 Å². The molecule has 0 bridgehead atoms. The third kappa shape index (κ3) is 0.943. The number of rotatable bonds is 0. The summed E-state index contributed by atoms with van der Waals surface area (Å²) in [5.41, 5.74) is 1.84. The second-order valence-electron chi connectivity index (χ2n) is 2.30. The highest BCUT2D eigenvalue weighted by Gasteiger charge is 2.03. The van der Waals surface area contributed by atoms with E-state index in [0.717, 1.165) is 11.4 Å². The molecule has 0 unspecified atom stereocenters. The van der Waals surface area contributed by atoms with Gasteiger partial charge in [0.05, 0.1) is 5.69 Å². The number of aromatic nitrogens is 2. The molecule has 0 saturated carbocycles. The fourth-order valence-corrected chi connectivity index (χ4v) is 0.816. The van der Waals surface area contributed by atoms with Crippen molar-refractivity contribution < 1.29 is 4.79 Å². The van der Waals surface area contributed by atoms with Gasteiger partial charge in [0.25, 0.3) is 0 Å².